The molecule has 2 amide bonds. The van der Waals surface area contributed by atoms with Gasteiger partial charge in [0, 0.05) is 6.04 Å². The average molecular weight is 197 g/mol. The molecule has 0 saturated heterocycles. The summed E-state index contributed by atoms with van der Waals surface area (Å²) in [4.78, 5) is 15.1. The summed E-state index contributed by atoms with van der Waals surface area (Å²) in [5.41, 5.74) is 0. The van der Waals surface area contributed by atoms with E-state index in [1.54, 1.807) is 6.20 Å². The summed E-state index contributed by atoms with van der Waals surface area (Å²) in [5.74, 6) is 1.26. The zero-order valence-electron chi connectivity index (χ0n) is 8.63. The van der Waals surface area contributed by atoms with Crippen molar-refractivity contribution in [2.45, 2.75) is 33.4 Å². The molecule has 2 N–H and O–H groups in total. The Morgan fingerprint density at radius 2 is 2.36 bits per heavy atom. The number of nitrogens with zero attached hydrogens (tertiary/aromatic N) is 1. The molecule has 1 rings (SSSR count). The molecular weight excluding hydrogens is 182 g/mol. The predicted octanol–water partition coefficient (Wildman–Crippen LogP) is 1.19. The number of rotatable bonds is 3. The smallest absolute Gasteiger partial charge is 0.315 e. The number of carbonyl (C=O) groups is 1. The van der Waals surface area contributed by atoms with Crippen LogP contribution >= 0.6 is 0 Å². The van der Waals surface area contributed by atoms with Crippen LogP contribution in [0.5, 0.6) is 0 Å². The molecule has 0 radical (unpaired) electrons. The summed E-state index contributed by atoms with van der Waals surface area (Å²) < 4.78 is 5.19. The normalized spacial score (nSPS) is 10.3. The van der Waals surface area contributed by atoms with E-state index < -0.39 is 0 Å². The van der Waals surface area contributed by atoms with E-state index in [0.29, 0.717) is 12.4 Å². The highest BCUT2D eigenvalue weighted by molar-refractivity contribution is 5.73. The summed E-state index contributed by atoms with van der Waals surface area (Å²) in [5, 5.41) is 5.34. The minimum atomic E-state index is -0.212. The Balaban J connectivity index is 2.30. The maximum atomic E-state index is 11.1. The fourth-order valence-electron chi connectivity index (χ4n) is 0.952. The van der Waals surface area contributed by atoms with Gasteiger partial charge in [-0.3, -0.25) is 0 Å². The van der Waals surface area contributed by atoms with Crippen molar-refractivity contribution in [3.05, 3.63) is 17.8 Å². The zero-order valence-corrected chi connectivity index (χ0v) is 8.63. The van der Waals surface area contributed by atoms with Gasteiger partial charge in [-0.25, -0.2) is 9.78 Å². The Kier molecular flexibility index (Phi) is 3.50. The van der Waals surface area contributed by atoms with Gasteiger partial charge in [0.25, 0.3) is 0 Å². The Bertz CT molecular complexity index is 307. The van der Waals surface area contributed by atoms with Crippen LogP contribution in [0.4, 0.5) is 4.79 Å². The van der Waals surface area contributed by atoms with Crippen LogP contribution in [0.3, 0.4) is 0 Å². The van der Waals surface area contributed by atoms with Gasteiger partial charge in [0.1, 0.15) is 5.76 Å². The van der Waals surface area contributed by atoms with E-state index >= 15 is 0 Å². The number of hydrogen-bond donors (Lipinski definition) is 2. The van der Waals surface area contributed by atoms with Crippen molar-refractivity contribution in [3.8, 4) is 0 Å². The van der Waals surface area contributed by atoms with Gasteiger partial charge in [-0.05, 0) is 20.8 Å². The molecule has 0 spiro atoms. The van der Waals surface area contributed by atoms with Crippen LogP contribution in [0.1, 0.15) is 25.5 Å². The maximum Gasteiger partial charge on any atom is 0.315 e. The highest BCUT2D eigenvalue weighted by Crippen LogP contribution is 2.00. The lowest BCUT2D eigenvalue weighted by molar-refractivity contribution is 0.237. The standard InChI is InChI=1S/C9H15N3O2/c1-6(2)12-9(13)11-5-8-10-4-7(3)14-8/h4,6H,5H2,1-3H3,(H2,11,12,13). The lowest BCUT2D eigenvalue weighted by atomic mass is 10.4. The fourth-order valence-corrected chi connectivity index (χ4v) is 0.952. The topological polar surface area (TPSA) is 67.2 Å². The minimum absolute atomic E-state index is 0.126. The van der Waals surface area contributed by atoms with E-state index in [9.17, 15) is 4.79 Å². The number of urea groups is 1. The highest BCUT2D eigenvalue weighted by Gasteiger charge is 2.04. The molecule has 14 heavy (non-hydrogen) atoms. The molecule has 0 atom stereocenters. The van der Waals surface area contributed by atoms with E-state index in [1.807, 2.05) is 20.8 Å². The summed E-state index contributed by atoms with van der Waals surface area (Å²) >= 11 is 0. The van der Waals surface area contributed by atoms with E-state index in [4.69, 9.17) is 4.42 Å². The summed E-state index contributed by atoms with van der Waals surface area (Å²) in [6.07, 6.45) is 1.62. The molecule has 1 aromatic rings. The first-order valence-electron chi connectivity index (χ1n) is 4.53. The third-order valence-corrected chi connectivity index (χ3v) is 1.49. The van der Waals surface area contributed by atoms with Crippen molar-refractivity contribution in [1.29, 1.82) is 0 Å². The van der Waals surface area contributed by atoms with Crippen LogP contribution in [0.2, 0.25) is 0 Å². The SMILES string of the molecule is Cc1cnc(CNC(=O)NC(C)C)o1. The molecule has 78 valence electrons. The van der Waals surface area contributed by atoms with Gasteiger partial charge in [0.05, 0.1) is 12.7 Å². The number of aryl methyl sites for hydroxylation is 1. The maximum absolute atomic E-state index is 11.1. The average Bonchev–Trinajstić information content (AvgIpc) is 2.47. The predicted molar refractivity (Wildman–Crippen MR) is 51.7 cm³/mol. The molecule has 0 aromatic carbocycles. The van der Waals surface area contributed by atoms with Gasteiger partial charge in [-0.2, -0.15) is 0 Å². The van der Waals surface area contributed by atoms with E-state index in [1.165, 1.54) is 0 Å². The molecule has 5 nitrogen and oxygen atoms in total. The van der Waals surface area contributed by atoms with Gasteiger partial charge in [0.2, 0.25) is 5.89 Å². The van der Waals surface area contributed by atoms with Gasteiger partial charge < -0.3 is 15.1 Å². The van der Waals surface area contributed by atoms with Crippen LogP contribution in [0.15, 0.2) is 10.6 Å². The van der Waals surface area contributed by atoms with Gasteiger partial charge in [-0.1, -0.05) is 0 Å². The minimum Gasteiger partial charge on any atom is -0.444 e. The molecule has 1 aromatic heterocycles. The molecule has 0 fully saturated rings. The van der Waals surface area contributed by atoms with Gasteiger partial charge in [-0.15, -0.1) is 0 Å². The van der Waals surface area contributed by atoms with Crippen molar-refractivity contribution in [2.75, 3.05) is 0 Å². The van der Waals surface area contributed by atoms with E-state index in [-0.39, 0.29) is 12.1 Å². The third kappa shape index (κ3) is 3.47. The van der Waals surface area contributed by atoms with Crippen molar-refractivity contribution < 1.29 is 9.21 Å². The fraction of sp³-hybridized carbons (Fsp3) is 0.556. The summed E-state index contributed by atoms with van der Waals surface area (Å²) in [7, 11) is 0. The monoisotopic (exact) mass is 197 g/mol. The number of nitrogens with one attached hydrogen (secondary N) is 2. The zero-order chi connectivity index (χ0) is 10.6. The first-order chi connectivity index (χ1) is 6.58. The van der Waals surface area contributed by atoms with Crippen molar-refractivity contribution >= 4 is 6.03 Å². The molecule has 0 aliphatic carbocycles. The first-order valence-corrected chi connectivity index (χ1v) is 4.53. The Hall–Kier alpha value is -1.52. The number of hydrogen-bond acceptors (Lipinski definition) is 3. The molecule has 0 bridgehead atoms. The van der Waals surface area contributed by atoms with Crippen LogP contribution < -0.4 is 10.6 Å². The number of carbonyl (C=O) groups excluding carboxylic acids is 1. The van der Waals surface area contributed by atoms with Crippen LogP contribution in [0.25, 0.3) is 0 Å². The van der Waals surface area contributed by atoms with Crippen LogP contribution in [-0.2, 0) is 6.54 Å². The molecule has 5 heteroatoms. The second kappa shape index (κ2) is 4.64. The van der Waals surface area contributed by atoms with Crippen LogP contribution in [0, 0.1) is 6.92 Å². The second-order valence-electron chi connectivity index (χ2n) is 3.35. The number of oxazole rings is 1. The summed E-state index contributed by atoms with van der Waals surface area (Å²) in [6.45, 7) is 5.92. The van der Waals surface area contributed by atoms with Crippen molar-refractivity contribution in [1.82, 2.24) is 15.6 Å². The van der Waals surface area contributed by atoms with Crippen LogP contribution in [-0.4, -0.2) is 17.1 Å². The Labute approximate surface area is 82.9 Å². The highest BCUT2D eigenvalue weighted by atomic mass is 16.4. The van der Waals surface area contributed by atoms with Crippen molar-refractivity contribution in [3.63, 3.8) is 0 Å². The lowest BCUT2D eigenvalue weighted by Gasteiger charge is -2.08. The molecule has 0 saturated carbocycles. The first kappa shape index (κ1) is 10.6. The van der Waals surface area contributed by atoms with Gasteiger partial charge >= 0.3 is 6.03 Å². The number of aromatic nitrogens is 1. The second-order valence-corrected chi connectivity index (χ2v) is 3.35. The molecular formula is C9H15N3O2. The number of amides is 2. The van der Waals surface area contributed by atoms with E-state index in [2.05, 4.69) is 15.6 Å². The quantitative estimate of drug-likeness (QED) is 0.764. The largest absolute Gasteiger partial charge is 0.444 e. The van der Waals surface area contributed by atoms with Crippen molar-refractivity contribution in [2.24, 2.45) is 0 Å². The molecule has 0 unspecified atom stereocenters. The molecule has 0 aliphatic rings. The molecule has 0 aliphatic heterocycles. The third-order valence-electron chi connectivity index (χ3n) is 1.49. The Morgan fingerprint density at radius 3 is 2.86 bits per heavy atom. The molecule has 1 heterocycles. The summed E-state index contributed by atoms with van der Waals surface area (Å²) in [6, 6.07) is -0.0860. The lowest BCUT2D eigenvalue weighted by Crippen LogP contribution is -2.39. The van der Waals surface area contributed by atoms with E-state index in [0.717, 1.165) is 5.76 Å². The van der Waals surface area contributed by atoms with Gasteiger partial charge in [0.15, 0.2) is 0 Å². The Morgan fingerprint density at radius 1 is 1.64 bits per heavy atom.